The van der Waals surface area contributed by atoms with Crippen molar-refractivity contribution in [1.82, 2.24) is 0 Å². The number of hydrogen-bond donors (Lipinski definition) is 0. The summed E-state index contributed by atoms with van der Waals surface area (Å²) in [4.78, 5) is 0. The molecule has 0 rings (SSSR count). The lowest BCUT2D eigenvalue weighted by atomic mass is 10.8. The van der Waals surface area contributed by atoms with Gasteiger partial charge >= 0.3 is 8.60 Å². The summed E-state index contributed by atoms with van der Waals surface area (Å²) in [5.74, 6) is 2.35. The topological polar surface area (TPSA) is 27.7 Å². The molecule has 0 saturated carbocycles. The highest BCUT2D eigenvalue weighted by Gasteiger charge is 2.08. The maximum atomic E-state index is 5.11. The molecule has 0 radical (unpaired) electrons. The van der Waals surface area contributed by atoms with Crippen molar-refractivity contribution in [3.8, 4) is 12.3 Å². The van der Waals surface area contributed by atoms with Crippen molar-refractivity contribution in [3.63, 3.8) is 0 Å². The minimum atomic E-state index is -1.21. The third kappa shape index (κ3) is 6.28. The first-order chi connectivity index (χ1) is 5.35. The lowest BCUT2D eigenvalue weighted by Gasteiger charge is -2.12. The number of rotatable bonds is 6. The van der Waals surface area contributed by atoms with E-state index in [4.69, 9.17) is 20.0 Å². The average molecular weight is 176 g/mol. The van der Waals surface area contributed by atoms with Crippen LogP contribution < -0.4 is 0 Å². The highest BCUT2D eigenvalue weighted by atomic mass is 31.2. The molecule has 0 aliphatic rings. The molecule has 0 bridgehead atoms. The van der Waals surface area contributed by atoms with Gasteiger partial charge in [0.25, 0.3) is 0 Å². The average Bonchev–Trinajstić information content (AvgIpc) is 2.01. The SMILES string of the molecule is C#CCOP(OCC)OCC. The maximum Gasteiger partial charge on any atom is 0.333 e. The molecule has 64 valence electrons. The Morgan fingerprint density at radius 1 is 1.18 bits per heavy atom. The van der Waals surface area contributed by atoms with Crippen LogP contribution in [0.15, 0.2) is 0 Å². The molecule has 0 N–H and O–H groups in total. The fourth-order valence-corrected chi connectivity index (χ4v) is 1.24. The molecule has 0 aliphatic heterocycles. The summed E-state index contributed by atoms with van der Waals surface area (Å²) in [5.41, 5.74) is 0. The molecule has 0 amide bonds. The summed E-state index contributed by atoms with van der Waals surface area (Å²) in [6.07, 6.45) is 4.99. The predicted octanol–water partition coefficient (Wildman–Crippen LogP) is 1.94. The van der Waals surface area contributed by atoms with Gasteiger partial charge in [-0.2, -0.15) is 0 Å². The number of terminal acetylenes is 1. The van der Waals surface area contributed by atoms with Crippen LogP contribution in [0, 0.1) is 12.3 Å². The quantitative estimate of drug-likeness (QED) is 0.457. The summed E-state index contributed by atoms with van der Waals surface area (Å²) >= 11 is 0. The normalized spacial score (nSPS) is 10.0. The second-order valence-electron chi connectivity index (χ2n) is 1.54. The minimum Gasteiger partial charge on any atom is -0.313 e. The molecular weight excluding hydrogens is 163 g/mol. The van der Waals surface area contributed by atoms with Crippen LogP contribution in [-0.4, -0.2) is 19.8 Å². The lowest BCUT2D eigenvalue weighted by Crippen LogP contribution is -1.95. The Balaban J connectivity index is 3.44. The fourth-order valence-electron chi connectivity index (χ4n) is 0.413. The summed E-state index contributed by atoms with van der Waals surface area (Å²) in [5, 5.41) is 0. The summed E-state index contributed by atoms with van der Waals surface area (Å²) in [7, 11) is -1.21. The Morgan fingerprint density at radius 2 is 1.73 bits per heavy atom. The third-order valence-corrected chi connectivity index (χ3v) is 2.00. The molecule has 0 spiro atoms. The molecule has 0 aliphatic carbocycles. The molecule has 4 heteroatoms. The molecule has 0 atom stereocenters. The van der Waals surface area contributed by atoms with Crippen LogP contribution in [0.2, 0.25) is 0 Å². The third-order valence-electron chi connectivity index (χ3n) is 0.722. The van der Waals surface area contributed by atoms with Crippen LogP contribution in [0.4, 0.5) is 0 Å². The van der Waals surface area contributed by atoms with Crippen molar-refractivity contribution in [2.45, 2.75) is 13.8 Å². The zero-order chi connectivity index (χ0) is 8.53. The molecule has 3 nitrogen and oxygen atoms in total. The van der Waals surface area contributed by atoms with Crippen LogP contribution in [0.25, 0.3) is 0 Å². The second-order valence-corrected chi connectivity index (χ2v) is 2.76. The van der Waals surface area contributed by atoms with Crippen molar-refractivity contribution in [2.24, 2.45) is 0 Å². The van der Waals surface area contributed by atoms with Gasteiger partial charge in [-0.25, -0.2) is 0 Å². The summed E-state index contributed by atoms with van der Waals surface area (Å²) in [6, 6.07) is 0. The molecule has 0 aromatic heterocycles. The van der Waals surface area contributed by atoms with Gasteiger partial charge in [-0.1, -0.05) is 5.92 Å². The first-order valence-electron chi connectivity index (χ1n) is 3.47. The van der Waals surface area contributed by atoms with Gasteiger partial charge in [-0.05, 0) is 13.8 Å². The van der Waals surface area contributed by atoms with Crippen molar-refractivity contribution < 1.29 is 13.6 Å². The van der Waals surface area contributed by atoms with Crippen LogP contribution in [-0.2, 0) is 13.6 Å². The highest BCUT2D eigenvalue weighted by Crippen LogP contribution is 2.38. The van der Waals surface area contributed by atoms with Gasteiger partial charge in [0, 0.05) is 0 Å². The van der Waals surface area contributed by atoms with Gasteiger partial charge in [-0.3, -0.25) is 4.52 Å². The van der Waals surface area contributed by atoms with E-state index in [0.29, 0.717) is 13.2 Å². The smallest absolute Gasteiger partial charge is 0.313 e. The zero-order valence-electron chi connectivity index (χ0n) is 6.87. The highest BCUT2D eigenvalue weighted by molar-refractivity contribution is 7.41. The van der Waals surface area contributed by atoms with Gasteiger partial charge in [-0.15, -0.1) is 6.42 Å². The van der Waals surface area contributed by atoms with Gasteiger partial charge in [0.1, 0.15) is 6.61 Å². The van der Waals surface area contributed by atoms with Crippen molar-refractivity contribution in [3.05, 3.63) is 0 Å². The largest absolute Gasteiger partial charge is 0.333 e. The standard InChI is InChI=1S/C7H13O3P/c1-4-7-10-11(8-5-2)9-6-3/h1H,5-7H2,2-3H3. The van der Waals surface area contributed by atoms with E-state index in [1.165, 1.54) is 0 Å². The Bertz CT molecular complexity index is 115. The van der Waals surface area contributed by atoms with E-state index in [0.717, 1.165) is 0 Å². The van der Waals surface area contributed by atoms with Crippen LogP contribution in [0.5, 0.6) is 0 Å². The van der Waals surface area contributed by atoms with Crippen molar-refractivity contribution >= 4 is 8.60 Å². The number of hydrogen-bond acceptors (Lipinski definition) is 3. The summed E-state index contributed by atoms with van der Waals surface area (Å²) in [6.45, 7) is 5.17. The van der Waals surface area contributed by atoms with Crippen molar-refractivity contribution in [2.75, 3.05) is 19.8 Å². The zero-order valence-corrected chi connectivity index (χ0v) is 7.77. The van der Waals surface area contributed by atoms with E-state index in [1.807, 2.05) is 13.8 Å². The van der Waals surface area contributed by atoms with Gasteiger partial charge in [0.2, 0.25) is 0 Å². The molecule has 0 fully saturated rings. The molecule has 0 aromatic carbocycles. The van der Waals surface area contributed by atoms with Gasteiger partial charge in [0.15, 0.2) is 0 Å². The molecule has 0 unspecified atom stereocenters. The lowest BCUT2D eigenvalue weighted by molar-refractivity contribution is 0.184. The first kappa shape index (κ1) is 10.9. The van der Waals surface area contributed by atoms with E-state index in [1.54, 1.807) is 0 Å². The molecule has 0 saturated heterocycles. The second kappa shape index (κ2) is 7.97. The molecule has 0 aromatic rings. The molecule has 11 heavy (non-hydrogen) atoms. The first-order valence-corrected chi connectivity index (χ1v) is 4.57. The van der Waals surface area contributed by atoms with Gasteiger partial charge < -0.3 is 9.05 Å². The molecule has 0 heterocycles. The van der Waals surface area contributed by atoms with Crippen molar-refractivity contribution in [1.29, 1.82) is 0 Å². The van der Waals surface area contributed by atoms with Crippen LogP contribution >= 0.6 is 8.60 Å². The monoisotopic (exact) mass is 176 g/mol. The van der Waals surface area contributed by atoms with Crippen LogP contribution in [0.1, 0.15) is 13.8 Å². The Hall–Kier alpha value is -0.130. The minimum absolute atomic E-state index is 0.242. The Labute approximate surface area is 69.0 Å². The Morgan fingerprint density at radius 3 is 2.09 bits per heavy atom. The predicted molar refractivity (Wildman–Crippen MR) is 45.0 cm³/mol. The summed E-state index contributed by atoms with van der Waals surface area (Å²) < 4.78 is 15.3. The fraction of sp³-hybridized carbons (Fsp3) is 0.714. The van der Waals surface area contributed by atoms with E-state index in [-0.39, 0.29) is 6.61 Å². The van der Waals surface area contributed by atoms with E-state index in [9.17, 15) is 0 Å². The van der Waals surface area contributed by atoms with Crippen LogP contribution in [0.3, 0.4) is 0 Å². The van der Waals surface area contributed by atoms with E-state index < -0.39 is 8.60 Å². The molecular formula is C7H13O3P. The maximum absolute atomic E-state index is 5.11. The van der Waals surface area contributed by atoms with E-state index in [2.05, 4.69) is 5.92 Å². The van der Waals surface area contributed by atoms with Gasteiger partial charge in [0.05, 0.1) is 13.2 Å². The Kier molecular flexibility index (Phi) is 7.88. The van der Waals surface area contributed by atoms with E-state index >= 15 is 0 Å².